The van der Waals surface area contributed by atoms with E-state index in [0.717, 1.165) is 6.54 Å². The molecule has 4 heterocycles. The molecule has 22 atom stereocenters. The molecular formula is C66H114N4O20S. The molecular weight excluding hydrogens is 1200 g/mol. The number of amides is 1. The van der Waals surface area contributed by atoms with Gasteiger partial charge in [-0.25, -0.2) is 17.9 Å². The van der Waals surface area contributed by atoms with Gasteiger partial charge in [0.2, 0.25) is 10.0 Å². The predicted molar refractivity (Wildman–Crippen MR) is 341 cm³/mol. The second-order valence-electron chi connectivity index (χ2n) is 28.4. The summed E-state index contributed by atoms with van der Waals surface area (Å²) in [5.41, 5.74) is -3.25. The first-order valence-electron chi connectivity index (χ1n) is 32.0. The molecule has 1 aromatic carbocycles. The predicted octanol–water partition coefficient (Wildman–Crippen LogP) is 7.82. The van der Waals surface area contributed by atoms with Crippen molar-refractivity contribution in [2.24, 2.45) is 52.0 Å². The van der Waals surface area contributed by atoms with Gasteiger partial charge in [0.15, 0.2) is 30.3 Å². The van der Waals surface area contributed by atoms with Crippen LogP contribution in [0.25, 0.3) is 0 Å². The third-order valence-corrected chi connectivity index (χ3v) is 19.0. The van der Waals surface area contributed by atoms with Gasteiger partial charge in [-0.05, 0) is 91.2 Å². The van der Waals surface area contributed by atoms with E-state index < -0.39 is 160 Å². The summed E-state index contributed by atoms with van der Waals surface area (Å²) in [5, 5.41) is 29.9. The smallest absolute Gasteiger partial charge is 0.408 e. The van der Waals surface area contributed by atoms with Crippen molar-refractivity contribution >= 4 is 39.6 Å². The molecule has 1 amide bonds. The number of ether oxygens (including phenoxy) is 11. The van der Waals surface area contributed by atoms with Crippen molar-refractivity contribution in [3.63, 3.8) is 0 Å². The maximum absolute atomic E-state index is 16.1. The largest absolute Gasteiger partial charge is 0.461 e. The topological polar surface area (TPSA) is 293 Å². The van der Waals surface area contributed by atoms with E-state index in [2.05, 4.69) is 47.8 Å². The number of carbonyl (C=O) groups excluding carboxylic acids is 4. The van der Waals surface area contributed by atoms with Gasteiger partial charge >= 0.3 is 18.0 Å². The Hall–Kier alpha value is -3.96. The van der Waals surface area contributed by atoms with Crippen LogP contribution >= 0.6 is 0 Å². The van der Waals surface area contributed by atoms with E-state index in [0.29, 0.717) is 13.0 Å². The van der Waals surface area contributed by atoms with E-state index >= 15 is 9.59 Å². The van der Waals surface area contributed by atoms with E-state index in [4.69, 9.17) is 56.9 Å². The maximum Gasteiger partial charge on any atom is 0.408 e. The van der Waals surface area contributed by atoms with E-state index in [-0.39, 0.29) is 73.9 Å². The van der Waals surface area contributed by atoms with E-state index in [9.17, 15) is 28.2 Å². The van der Waals surface area contributed by atoms with Gasteiger partial charge < -0.3 is 72.5 Å². The molecule has 4 fully saturated rings. The number of alkyl carbamates (subject to hydrolysis) is 1. The fraction of sp³-hybridized carbons (Fsp3) is 0.833. The molecule has 0 aromatic heterocycles. The monoisotopic (exact) mass is 1310 g/mol. The highest BCUT2D eigenvalue weighted by atomic mass is 32.2. The number of cyclic esters (lactones) is 1. The second-order valence-corrected chi connectivity index (χ2v) is 30.1. The number of methoxy groups -OCH3 is 2. The quantitative estimate of drug-likeness (QED) is 0.0518. The van der Waals surface area contributed by atoms with Gasteiger partial charge in [0.1, 0.15) is 43.7 Å². The number of esters is 2. The number of ketones is 1. The number of hydrogen-bond donors (Lipinski definition) is 4. The molecule has 0 saturated carbocycles. The van der Waals surface area contributed by atoms with E-state index in [1.165, 1.54) is 40.4 Å². The van der Waals surface area contributed by atoms with Crippen molar-refractivity contribution in [2.75, 3.05) is 47.6 Å². The van der Waals surface area contributed by atoms with Gasteiger partial charge in [0.05, 0.1) is 65.1 Å². The van der Waals surface area contributed by atoms with Crippen LogP contribution in [0, 0.1) is 46.8 Å². The zero-order chi connectivity index (χ0) is 67.5. The highest BCUT2D eigenvalue weighted by molar-refractivity contribution is 7.89. The molecule has 0 spiro atoms. The highest BCUT2D eigenvalue weighted by Crippen LogP contribution is 2.41. The van der Waals surface area contributed by atoms with Crippen molar-refractivity contribution in [1.82, 2.24) is 14.9 Å². The first-order chi connectivity index (χ1) is 41.9. The first-order valence-corrected chi connectivity index (χ1v) is 33.5. The fourth-order valence-corrected chi connectivity index (χ4v) is 14.2. The Labute approximate surface area is 542 Å². The normalized spacial score (nSPS) is 36.3. The molecule has 4 N–H and O–H groups in total. The number of benzene rings is 1. The van der Waals surface area contributed by atoms with Crippen LogP contribution in [0.1, 0.15) is 158 Å². The number of hydrogen-bond acceptors (Lipinski definition) is 22. The van der Waals surface area contributed by atoms with Crippen LogP contribution in [-0.2, 0) is 81.3 Å². The van der Waals surface area contributed by atoms with Crippen LogP contribution in [0.2, 0.25) is 0 Å². The zero-order valence-electron chi connectivity index (χ0n) is 57.3. The lowest BCUT2D eigenvalue weighted by Gasteiger charge is -2.45. The molecule has 4 saturated heterocycles. The third-order valence-electron chi connectivity index (χ3n) is 17.6. The first kappa shape index (κ1) is 79.5. The summed E-state index contributed by atoms with van der Waals surface area (Å²) in [5.74, 6) is -8.14. The van der Waals surface area contributed by atoms with Crippen molar-refractivity contribution in [1.29, 1.82) is 0 Å². The van der Waals surface area contributed by atoms with Crippen LogP contribution in [-0.4, -0.2) is 204 Å². The number of aliphatic hydroxyl groups is 2. The SMILES string of the molecule is C.CO/N=C1\C[C@@H](C)O[C@@H](O[C@@H]2[C@@H](C)[C@H](O[C@H]3CC(C)N(CC(C)(C)C)C[C@H](C)O3)[C@@H](C)C(=O)O[C@H]([C@@H](C)CO[C@@H]3O[C@H](C)[C@@H](O)[C@@H](OC)[C@H]3OC)[C@H](C)[C@@H](OC(=O)CC(C)C)[C@@H](C)C(=O)[C@@](C)(OC(=O)NC(C)(C)CNS(=O)(=O)c3ccccc3)C[C@@H]2C)[C@@H]1O. The summed E-state index contributed by atoms with van der Waals surface area (Å²) in [6, 6.07) is 7.70. The molecule has 1 unspecified atom stereocenters. The minimum absolute atomic E-state index is 0. The summed E-state index contributed by atoms with van der Waals surface area (Å²) < 4.78 is 101. The van der Waals surface area contributed by atoms with Crippen LogP contribution in [0.5, 0.6) is 0 Å². The van der Waals surface area contributed by atoms with Crippen LogP contribution in [0.15, 0.2) is 40.4 Å². The minimum Gasteiger partial charge on any atom is -0.461 e. The molecule has 0 aliphatic carbocycles. The van der Waals surface area contributed by atoms with Crippen LogP contribution < -0.4 is 10.0 Å². The summed E-state index contributed by atoms with van der Waals surface area (Å²) in [7, 11) is 0.209. The van der Waals surface area contributed by atoms with E-state index in [1.54, 1.807) is 80.5 Å². The Morgan fingerprint density at radius 3 is 2.04 bits per heavy atom. The second kappa shape index (κ2) is 34.1. The number of carbonyl (C=O) groups is 4. The molecule has 1 aromatic rings. The van der Waals surface area contributed by atoms with Gasteiger partial charge in [0, 0.05) is 76.9 Å². The third kappa shape index (κ3) is 21.8. The van der Waals surface area contributed by atoms with Gasteiger partial charge in [-0.1, -0.05) is 100 Å². The van der Waals surface area contributed by atoms with Gasteiger partial charge in [-0.3, -0.25) is 19.3 Å². The minimum atomic E-state index is -4.04. The van der Waals surface area contributed by atoms with Crippen molar-refractivity contribution < 1.29 is 94.8 Å². The van der Waals surface area contributed by atoms with E-state index in [1.807, 2.05) is 27.7 Å². The highest BCUT2D eigenvalue weighted by Gasteiger charge is 2.53. The Kier molecular flexibility index (Phi) is 29.8. The Balaban J connectivity index is 0.0000177. The Bertz CT molecular complexity index is 2610. The molecule has 524 valence electrons. The average Bonchev–Trinajstić information content (AvgIpc) is 0.967. The molecule has 4 aliphatic heterocycles. The molecule has 0 bridgehead atoms. The molecule has 4 aliphatic rings. The number of aliphatic hydroxyl groups excluding tert-OH is 2. The van der Waals surface area contributed by atoms with Crippen molar-refractivity contribution in [3.05, 3.63) is 30.3 Å². The molecule has 91 heavy (non-hydrogen) atoms. The maximum atomic E-state index is 16.1. The van der Waals surface area contributed by atoms with Crippen molar-refractivity contribution in [3.8, 4) is 0 Å². The number of rotatable bonds is 21. The summed E-state index contributed by atoms with van der Waals surface area (Å²) in [6.45, 7) is 33.7. The number of sulfonamides is 1. The number of Topliss-reactive ketones (excluding diaryl/α,β-unsaturated/α-hetero) is 1. The van der Waals surface area contributed by atoms with Crippen LogP contribution in [0.4, 0.5) is 4.79 Å². The fourth-order valence-electron chi connectivity index (χ4n) is 13.0. The van der Waals surface area contributed by atoms with Gasteiger partial charge in [0.25, 0.3) is 0 Å². The number of nitrogens with zero attached hydrogens (tertiary/aromatic N) is 2. The number of nitrogens with one attached hydrogen (secondary N) is 2. The summed E-state index contributed by atoms with van der Waals surface area (Å²) in [4.78, 5) is 68.2. The summed E-state index contributed by atoms with van der Waals surface area (Å²) >= 11 is 0. The molecule has 0 radical (unpaired) electrons. The number of oxime groups is 1. The van der Waals surface area contributed by atoms with Crippen molar-refractivity contribution in [2.45, 2.75) is 266 Å². The lowest BCUT2D eigenvalue weighted by atomic mass is 9.74. The zero-order valence-corrected chi connectivity index (χ0v) is 58.1. The molecule has 5 rings (SSSR count). The molecule has 25 heteroatoms. The van der Waals surface area contributed by atoms with Gasteiger partial charge in [-0.15, -0.1) is 0 Å². The Morgan fingerprint density at radius 2 is 1.45 bits per heavy atom. The standard InChI is InChI=1S/C65H110N4O20S.CH4/c1-35(2)27-48(70)85-54-42(9)53(37(4)32-81-61-57(79-20)56(78-19)50(71)45(12)84-61)87-59(74)44(11)55(86-49-28-38(5)69(31-40(7)82-49)34-63(13,14)15)41(8)52(88-60-51(72)47(68-80-21)29-39(6)83-60)36(3)30-65(18,58(73)43(54)10)89-62(75)67-64(16,17)33-66-90(76,77)46-25-23-22-24-26-46;/h22-26,35-45,49-57,60-61,66,71-72H,27-34H2,1-21H3,(H,67,75);1H4/b68-47+;/t36-,37-,38?,39+,40-,41+,42-,43+,44+,45+,49-,50+,51+,52-,53+,54+,55-,56+,57+,60-,61+,65-;/m0./s1. The summed E-state index contributed by atoms with van der Waals surface area (Å²) in [6.07, 6.45) is -14.8. The molecule has 24 nitrogen and oxygen atoms in total. The lowest BCUT2D eigenvalue weighted by molar-refractivity contribution is -0.305. The Morgan fingerprint density at radius 1 is 0.813 bits per heavy atom. The van der Waals surface area contributed by atoms with Gasteiger partial charge in [-0.2, -0.15) is 0 Å². The average molecular weight is 1320 g/mol. The lowest BCUT2D eigenvalue weighted by Crippen LogP contribution is -2.59. The van der Waals surface area contributed by atoms with Crippen LogP contribution in [0.3, 0.4) is 0 Å².